The molecule has 47 heavy (non-hydrogen) atoms. The lowest BCUT2D eigenvalue weighted by molar-refractivity contribution is -0.923. The number of aryl methyl sites for hydroxylation is 1. The first kappa shape index (κ1) is 40.3. The third-order valence-electron chi connectivity index (χ3n) is 9.93. The zero-order valence-electron chi connectivity index (χ0n) is 30.3. The average Bonchev–Trinajstić information content (AvgIpc) is 3.42. The summed E-state index contributed by atoms with van der Waals surface area (Å²) in [5.74, 6) is 0. The highest BCUT2D eigenvalue weighted by Gasteiger charge is 2.21. The van der Waals surface area contributed by atoms with Gasteiger partial charge in [0.2, 0.25) is 5.69 Å². The number of ether oxygens (including phenoxy) is 3. The molecular formula is C36H59N7O3S+2. The van der Waals surface area contributed by atoms with E-state index in [1.165, 1.54) is 11.3 Å². The number of thiophene rings is 1. The highest BCUT2D eigenvalue weighted by molar-refractivity contribution is 7.17. The SMILES string of the molecule is [C-]#[N+]c1c(N=Nc2ccc(N(CCOCCOCC[N+](CC)(CC)CC)CCOCC[N+](CC)(CC)CC)cc2C)sc(C#N)c1C. The molecule has 0 saturated carbocycles. The third kappa shape index (κ3) is 11.9. The van der Waals surface area contributed by atoms with E-state index < -0.39 is 0 Å². The van der Waals surface area contributed by atoms with E-state index in [9.17, 15) is 5.26 Å². The van der Waals surface area contributed by atoms with Gasteiger partial charge in [-0.1, -0.05) is 0 Å². The van der Waals surface area contributed by atoms with Crippen molar-refractivity contribution in [2.45, 2.75) is 55.4 Å². The van der Waals surface area contributed by atoms with E-state index in [1.54, 1.807) is 6.92 Å². The van der Waals surface area contributed by atoms with E-state index >= 15 is 0 Å². The molecule has 0 saturated heterocycles. The molecule has 0 aliphatic rings. The van der Waals surface area contributed by atoms with Crippen LogP contribution in [0.1, 0.15) is 57.5 Å². The molecule has 0 spiro atoms. The van der Waals surface area contributed by atoms with Gasteiger partial charge < -0.3 is 28.1 Å². The molecule has 0 radical (unpaired) electrons. The summed E-state index contributed by atoms with van der Waals surface area (Å²) in [6.07, 6.45) is 0. The first-order valence-corrected chi connectivity index (χ1v) is 18.1. The minimum absolute atomic E-state index is 0.393. The van der Waals surface area contributed by atoms with Crippen LogP contribution in [0.2, 0.25) is 0 Å². The van der Waals surface area contributed by atoms with Crippen LogP contribution in [0.15, 0.2) is 28.4 Å². The second-order valence-electron chi connectivity index (χ2n) is 12.0. The molecule has 0 aliphatic heterocycles. The Hall–Kier alpha value is -2.90. The van der Waals surface area contributed by atoms with Crippen molar-refractivity contribution in [3.63, 3.8) is 0 Å². The standard InChI is InChI=1S/C36H59N7O3S/c1-10-42(11-2,12-3)20-24-44-22-18-41(19-23-45-26-27-46-25-21-43(13-4,14-5)15-6)32-16-17-33(30(7)28-32)39-40-36-35(38-9)31(8)34(29-37)47-36/h16-17,28H,10-15,18-27H2,1-8H3/q+2. The van der Waals surface area contributed by atoms with Gasteiger partial charge in [-0.2, -0.15) is 15.5 Å². The van der Waals surface area contributed by atoms with E-state index in [-0.39, 0.29) is 0 Å². The van der Waals surface area contributed by atoms with Gasteiger partial charge in [0.25, 0.3) is 0 Å². The number of anilines is 1. The van der Waals surface area contributed by atoms with Crippen molar-refractivity contribution >= 4 is 33.4 Å². The van der Waals surface area contributed by atoms with Crippen molar-refractivity contribution in [3.8, 4) is 6.07 Å². The second kappa shape index (κ2) is 21.1. The lowest BCUT2D eigenvalue weighted by Crippen LogP contribution is -2.49. The Morgan fingerprint density at radius 2 is 1.30 bits per heavy atom. The molecule has 2 aromatic rings. The monoisotopic (exact) mass is 669 g/mol. The summed E-state index contributed by atoms with van der Waals surface area (Å²) in [5, 5.41) is 18.6. The molecule has 1 heterocycles. The smallest absolute Gasteiger partial charge is 0.229 e. The number of hydrogen-bond donors (Lipinski definition) is 0. The number of benzene rings is 1. The molecule has 0 amide bonds. The van der Waals surface area contributed by atoms with E-state index in [0.717, 1.165) is 105 Å². The summed E-state index contributed by atoms with van der Waals surface area (Å²) in [7, 11) is 0. The van der Waals surface area contributed by atoms with Crippen molar-refractivity contribution in [2.75, 3.05) is 110 Å². The third-order valence-corrected chi connectivity index (χ3v) is 11.0. The van der Waals surface area contributed by atoms with Crippen molar-refractivity contribution in [3.05, 3.63) is 45.6 Å². The fourth-order valence-corrected chi connectivity index (χ4v) is 6.66. The van der Waals surface area contributed by atoms with Crippen LogP contribution in [-0.2, 0) is 14.2 Å². The molecule has 0 N–H and O–H groups in total. The molecule has 260 valence electrons. The minimum Gasteiger partial charge on any atom is -0.377 e. The Kier molecular flexibility index (Phi) is 18.1. The largest absolute Gasteiger partial charge is 0.377 e. The van der Waals surface area contributed by atoms with Crippen LogP contribution in [0.4, 0.5) is 22.1 Å². The van der Waals surface area contributed by atoms with Gasteiger partial charge in [0.05, 0.1) is 96.0 Å². The normalized spacial score (nSPS) is 12.0. The Morgan fingerprint density at radius 3 is 1.77 bits per heavy atom. The fraction of sp³-hybridized carbons (Fsp3) is 0.667. The minimum atomic E-state index is 0.393. The van der Waals surface area contributed by atoms with Gasteiger partial charge in [0.15, 0.2) is 0 Å². The Labute approximate surface area is 288 Å². The van der Waals surface area contributed by atoms with Crippen LogP contribution in [-0.4, -0.2) is 114 Å². The second-order valence-corrected chi connectivity index (χ2v) is 13.0. The Balaban J connectivity index is 2.03. The van der Waals surface area contributed by atoms with Crippen molar-refractivity contribution < 1.29 is 23.2 Å². The quantitative estimate of drug-likeness (QED) is 0.0493. The summed E-state index contributed by atoms with van der Waals surface area (Å²) < 4.78 is 20.2. The number of quaternary nitrogens is 2. The van der Waals surface area contributed by atoms with Crippen LogP contribution >= 0.6 is 11.3 Å². The maximum absolute atomic E-state index is 9.36. The Bertz CT molecular complexity index is 1310. The molecule has 0 bridgehead atoms. The average molecular weight is 670 g/mol. The zero-order chi connectivity index (χ0) is 34.7. The van der Waals surface area contributed by atoms with Crippen LogP contribution in [0.3, 0.4) is 0 Å². The summed E-state index contributed by atoms with van der Waals surface area (Å²) in [4.78, 5) is 6.37. The van der Waals surface area contributed by atoms with Crippen LogP contribution < -0.4 is 4.90 Å². The number of azo groups is 1. The fourth-order valence-electron chi connectivity index (χ4n) is 5.79. The van der Waals surface area contributed by atoms with Crippen molar-refractivity contribution in [1.29, 1.82) is 5.26 Å². The first-order valence-electron chi connectivity index (χ1n) is 17.3. The first-order chi connectivity index (χ1) is 22.7. The molecule has 1 aromatic heterocycles. The lowest BCUT2D eigenvalue weighted by atomic mass is 10.1. The summed E-state index contributed by atoms with van der Waals surface area (Å²) >= 11 is 1.20. The molecule has 1 aromatic carbocycles. The highest BCUT2D eigenvalue weighted by Crippen LogP contribution is 2.42. The number of nitrogens with zero attached hydrogens (tertiary/aromatic N) is 7. The molecule has 0 aliphatic carbocycles. The van der Waals surface area contributed by atoms with Gasteiger partial charge in [0, 0.05) is 18.8 Å². The van der Waals surface area contributed by atoms with Gasteiger partial charge in [-0.3, -0.25) is 0 Å². The summed E-state index contributed by atoms with van der Waals surface area (Å²) in [6, 6.07) is 8.26. The zero-order valence-corrected chi connectivity index (χ0v) is 31.1. The Morgan fingerprint density at radius 1 is 0.787 bits per heavy atom. The van der Waals surface area contributed by atoms with E-state index in [2.05, 4.69) is 73.7 Å². The van der Waals surface area contributed by atoms with Crippen LogP contribution in [0.25, 0.3) is 4.85 Å². The number of rotatable bonds is 24. The number of hydrogen-bond acceptors (Lipinski definition) is 8. The highest BCUT2D eigenvalue weighted by atomic mass is 32.1. The molecule has 2 rings (SSSR count). The van der Waals surface area contributed by atoms with Gasteiger partial charge >= 0.3 is 0 Å². The van der Waals surface area contributed by atoms with Gasteiger partial charge in [0.1, 0.15) is 24.2 Å². The van der Waals surface area contributed by atoms with E-state index in [4.69, 9.17) is 20.8 Å². The molecule has 0 fully saturated rings. The summed E-state index contributed by atoms with van der Waals surface area (Å²) in [5.41, 5.74) is 3.82. The van der Waals surface area contributed by atoms with Crippen LogP contribution in [0, 0.1) is 31.8 Å². The number of nitriles is 1. The molecular weight excluding hydrogens is 611 g/mol. The number of likely N-dealkylation sites (N-methyl/N-ethyl adjacent to an activating group) is 2. The van der Waals surface area contributed by atoms with Gasteiger partial charge in [-0.25, -0.2) is 4.85 Å². The van der Waals surface area contributed by atoms with Gasteiger partial charge in [-0.05, 0) is 84.7 Å². The maximum Gasteiger partial charge on any atom is 0.229 e. The topological polar surface area (TPSA) is 83.8 Å². The predicted octanol–water partition coefficient (Wildman–Crippen LogP) is 7.81. The molecule has 0 unspecified atom stereocenters. The van der Waals surface area contributed by atoms with E-state index in [0.29, 0.717) is 47.6 Å². The van der Waals surface area contributed by atoms with Crippen LogP contribution in [0.5, 0.6) is 0 Å². The summed E-state index contributed by atoms with van der Waals surface area (Å²) in [6.45, 7) is 39.0. The van der Waals surface area contributed by atoms with Crippen molar-refractivity contribution in [1.82, 2.24) is 0 Å². The predicted molar refractivity (Wildman–Crippen MR) is 194 cm³/mol. The molecule has 10 nitrogen and oxygen atoms in total. The molecule has 0 atom stereocenters. The molecule has 11 heteroatoms. The lowest BCUT2D eigenvalue weighted by Gasteiger charge is -2.35. The maximum atomic E-state index is 9.36. The van der Waals surface area contributed by atoms with Gasteiger partial charge in [-0.15, -0.1) is 11.3 Å². The van der Waals surface area contributed by atoms with E-state index in [1.807, 2.05) is 19.1 Å². The van der Waals surface area contributed by atoms with Crippen molar-refractivity contribution in [2.24, 2.45) is 10.2 Å².